The molecule has 1 aliphatic heterocycles. The van der Waals surface area contributed by atoms with Gasteiger partial charge in [-0.3, -0.25) is 0 Å². The number of aromatic nitrogens is 2. The standard InChI is InChI=1S/C8H11ClN2OS/c9-13-8-4-5-10-11(8)7-3-1-2-6-12-7/h4-5,7H,1-3,6H2. The molecule has 1 fully saturated rings. The minimum atomic E-state index is 0.0880. The Kier molecular flexibility index (Phi) is 3.14. The Balaban J connectivity index is 2.13. The molecule has 0 radical (unpaired) electrons. The van der Waals surface area contributed by atoms with E-state index in [1.807, 2.05) is 10.7 Å². The van der Waals surface area contributed by atoms with Crippen molar-refractivity contribution < 1.29 is 4.74 Å². The summed E-state index contributed by atoms with van der Waals surface area (Å²) in [5, 5.41) is 5.15. The summed E-state index contributed by atoms with van der Waals surface area (Å²) >= 11 is 0. The SMILES string of the molecule is ClSc1ccnn1C1CCCCO1. The minimum absolute atomic E-state index is 0.0880. The molecular formula is C8H11ClN2OS. The highest BCUT2D eigenvalue weighted by atomic mass is 35.7. The van der Waals surface area contributed by atoms with E-state index in [2.05, 4.69) is 5.10 Å². The van der Waals surface area contributed by atoms with Crippen LogP contribution in [0.1, 0.15) is 25.5 Å². The normalized spacial score (nSPS) is 23.3. The van der Waals surface area contributed by atoms with Gasteiger partial charge in [0.1, 0.15) is 5.03 Å². The maximum atomic E-state index is 5.69. The maximum absolute atomic E-state index is 5.69. The van der Waals surface area contributed by atoms with Gasteiger partial charge in [-0.05, 0) is 36.0 Å². The van der Waals surface area contributed by atoms with Crippen molar-refractivity contribution in [1.29, 1.82) is 0 Å². The predicted octanol–water partition coefficient (Wildman–Crippen LogP) is 2.83. The quantitative estimate of drug-likeness (QED) is 0.764. The summed E-state index contributed by atoms with van der Waals surface area (Å²) in [6, 6.07) is 1.90. The summed E-state index contributed by atoms with van der Waals surface area (Å²) < 4.78 is 7.45. The molecule has 0 aromatic carbocycles. The molecule has 0 amide bonds. The van der Waals surface area contributed by atoms with Crippen molar-refractivity contribution in [3.63, 3.8) is 0 Å². The molecule has 1 aliphatic rings. The minimum Gasteiger partial charge on any atom is -0.356 e. The molecule has 0 aliphatic carbocycles. The van der Waals surface area contributed by atoms with Gasteiger partial charge in [0.25, 0.3) is 0 Å². The molecule has 0 saturated carbocycles. The molecule has 3 nitrogen and oxygen atoms in total. The topological polar surface area (TPSA) is 27.1 Å². The Morgan fingerprint density at radius 3 is 3.23 bits per heavy atom. The Bertz CT molecular complexity index is 273. The first-order valence-corrected chi connectivity index (χ1v) is 6.00. The molecule has 5 heteroatoms. The molecule has 13 heavy (non-hydrogen) atoms. The van der Waals surface area contributed by atoms with Crippen LogP contribution in [0.25, 0.3) is 0 Å². The average Bonchev–Trinajstić information content (AvgIpc) is 2.67. The highest BCUT2D eigenvalue weighted by Crippen LogP contribution is 2.28. The van der Waals surface area contributed by atoms with E-state index in [0.717, 1.165) is 24.5 Å². The molecular weight excluding hydrogens is 208 g/mol. The van der Waals surface area contributed by atoms with Crippen LogP contribution in [0.2, 0.25) is 0 Å². The summed E-state index contributed by atoms with van der Waals surface area (Å²) in [4.78, 5) is 0. The number of halogens is 1. The van der Waals surface area contributed by atoms with Crippen molar-refractivity contribution in [2.75, 3.05) is 6.61 Å². The van der Waals surface area contributed by atoms with Gasteiger partial charge < -0.3 is 4.74 Å². The van der Waals surface area contributed by atoms with Gasteiger partial charge in [-0.1, -0.05) is 0 Å². The van der Waals surface area contributed by atoms with Crippen molar-refractivity contribution in [2.24, 2.45) is 0 Å². The van der Waals surface area contributed by atoms with Gasteiger partial charge in [0.15, 0.2) is 6.23 Å². The van der Waals surface area contributed by atoms with E-state index in [1.165, 1.54) is 17.4 Å². The van der Waals surface area contributed by atoms with Crippen molar-refractivity contribution >= 4 is 21.7 Å². The summed E-state index contributed by atoms with van der Waals surface area (Å²) in [5.74, 6) is 0. The second-order valence-electron chi connectivity index (χ2n) is 3.01. The molecule has 2 rings (SSSR count). The van der Waals surface area contributed by atoms with E-state index in [4.69, 9.17) is 15.4 Å². The monoisotopic (exact) mass is 218 g/mol. The van der Waals surface area contributed by atoms with E-state index < -0.39 is 0 Å². The summed E-state index contributed by atoms with van der Waals surface area (Å²) in [7, 11) is 6.88. The Morgan fingerprint density at radius 1 is 1.62 bits per heavy atom. The zero-order valence-electron chi connectivity index (χ0n) is 7.15. The van der Waals surface area contributed by atoms with Crippen molar-refractivity contribution in [1.82, 2.24) is 9.78 Å². The van der Waals surface area contributed by atoms with Gasteiger partial charge >= 0.3 is 0 Å². The van der Waals surface area contributed by atoms with Crippen LogP contribution in [0, 0.1) is 0 Å². The van der Waals surface area contributed by atoms with Crippen molar-refractivity contribution in [3.8, 4) is 0 Å². The lowest BCUT2D eigenvalue weighted by Crippen LogP contribution is -2.19. The highest BCUT2D eigenvalue weighted by molar-refractivity contribution is 8.21. The van der Waals surface area contributed by atoms with Crippen LogP contribution in [0.5, 0.6) is 0 Å². The maximum Gasteiger partial charge on any atom is 0.151 e. The van der Waals surface area contributed by atoms with E-state index in [9.17, 15) is 0 Å². The van der Waals surface area contributed by atoms with E-state index >= 15 is 0 Å². The average molecular weight is 219 g/mol. The molecule has 1 atom stereocenters. The van der Waals surface area contributed by atoms with Crippen LogP contribution >= 0.6 is 21.7 Å². The smallest absolute Gasteiger partial charge is 0.151 e. The number of hydrogen-bond acceptors (Lipinski definition) is 3. The molecule has 1 aromatic heterocycles. The fourth-order valence-electron chi connectivity index (χ4n) is 1.50. The van der Waals surface area contributed by atoms with Crippen molar-refractivity contribution in [3.05, 3.63) is 12.3 Å². The lowest BCUT2D eigenvalue weighted by Gasteiger charge is -2.23. The first kappa shape index (κ1) is 9.37. The van der Waals surface area contributed by atoms with E-state index in [1.54, 1.807) is 6.20 Å². The van der Waals surface area contributed by atoms with Crippen LogP contribution in [-0.2, 0) is 4.74 Å². The first-order chi connectivity index (χ1) is 6.42. The number of ether oxygens (including phenoxy) is 1. The van der Waals surface area contributed by atoms with Crippen molar-refractivity contribution in [2.45, 2.75) is 30.5 Å². The number of hydrogen-bond donors (Lipinski definition) is 0. The molecule has 1 aromatic rings. The fourth-order valence-corrected chi connectivity index (χ4v) is 2.21. The molecule has 0 N–H and O–H groups in total. The Morgan fingerprint density at radius 2 is 2.54 bits per heavy atom. The van der Waals surface area contributed by atoms with E-state index in [0.29, 0.717) is 0 Å². The Labute approximate surface area is 85.9 Å². The van der Waals surface area contributed by atoms with Crippen LogP contribution in [0.4, 0.5) is 0 Å². The molecule has 0 spiro atoms. The zero-order chi connectivity index (χ0) is 9.10. The van der Waals surface area contributed by atoms with Crippen LogP contribution in [0.3, 0.4) is 0 Å². The van der Waals surface area contributed by atoms with Gasteiger partial charge in [0, 0.05) is 17.6 Å². The summed E-state index contributed by atoms with van der Waals surface area (Å²) in [5.41, 5.74) is 0. The first-order valence-electron chi connectivity index (χ1n) is 4.35. The Hall–Kier alpha value is -0.190. The molecule has 1 unspecified atom stereocenters. The summed E-state index contributed by atoms with van der Waals surface area (Å²) in [6.07, 6.45) is 5.23. The molecule has 0 bridgehead atoms. The van der Waals surface area contributed by atoms with Gasteiger partial charge in [-0.15, -0.1) is 0 Å². The van der Waals surface area contributed by atoms with Crippen LogP contribution in [-0.4, -0.2) is 16.4 Å². The predicted molar refractivity (Wildman–Crippen MR) is 52.8 cm³/mol. The lowest BCUT2D eigenvalue weighted by atomic mass is 10.2. The number of nitrogens with zero attached hydrogens (tertiary/aromatic N) is 2. The highest BCUT2D eigenvalue weighted by Gasteiger charge is 2.18. The third kappa shape index (κ3) is 2.00. The van der Waals surface area contributed by atoms with E-state index in [-0.39, 0.29) is 6.23 Å². The summed E-state index contributed by atoms with van der Waals surface area (Å²) in [6.45, 7) is 0.830. The third-order valence-electron chi connectivity index (χ3n) is 2.14. The fraction of sp³-hybridized carbons (Fsp3) is 0.625. The van der Waals surface area contributed by atoms with Gasteiger partial charge in [0.05, 0.1) is 6.20 Å². The third-order valence-corrected chi connectivity index (χ3v) is 3.10. The zero-order valence-corrected chi connectivity index (χ0v) is 8.72. The largest absolute Gasteiger partial charge is 0.356 e. The molecule has 72 valence electrons. The lowest BCUT2D eigenvalue weighted by molar-refractivity contribution is -0.0445. The number of rotatable bonds is 2. The van der Waals surface area contributed by atoms with Gasteiger partial charge in [-0.25, -0.2) is 4.68 Å². The van der Waals surface area contributed by atoms with Gasteiger partial charge in [-0.2, -0.15) is 5.10 Å². The van der Waals surface area contributed by atoms with Crippen LogP contribution in [0.15, 0.2) is 17.3 Å². The van der Waals surface area contributed by atoms with Gasteiger partial charge in [0.2, 0.25) is 0 Å². The van der Waals surface area contributed by atoms with Crippen LogP contribution < -0.4 is 0 Å². The molecule has 2 heterocycles. The molecule has 1 saturated heterocycles. The second-order valence-corrected chi connectivity index (χ2v) is 4.05. The second kappa shape index (κ2) is 4.35.